The van der Waals surface area contributed by atoms with Gasteiger partial charge in [0.1, 0.15) is 11.4 Å². The molecule has 1 aliphatic carbocycles. The second-order valence-corrected chi connectivity index (χ2v) is 5.23. The van der Waals surface area contributed by atoms with Gasteiger partial charge in [0.2, 0.25) is 0 Å². The summed E-state index contributed by atoms with van der Waals surface area (Å²) < 4.78 is 0. The molecule has 1 heterocycles. The van der Waals surface area contributed by atoms with E-state index in [4.69, 9.17) is 5.73 Å². The summed E-state index contributed by atoms with van der Waals surface area (Å²) in [5.41, 5.74) is 5.74. The first-order chi connectivity index (χ1) is 7.52. The number of carbonyl (C=O) groups is 1. The normalized spacial score (nSPS) is 39.3. The molecule has 16 heavy (non-hydrogen) atoms. The standard InChI is InChI=1S/C12H21N3O/c1-4-15-11(16)14-10(13)12(15)6-5-8(2)7-9(12)3/h8-9H,4-7H2,1-3H3,(H2,13,14,16). The number of nitrogens with two attached hydrogens (primary N) is 1. The highest BCUT2D eigenvalue weighted by atomic mass is 16.2. The quantitative estimate of drug-likeness (QED) is 0.739. The van der Waals surface area contributed by atoms with E-state index < -0.39 is 0 Å². The zero-order chi connectivity index (χ0) is 11.9. The molecule has 4 nitrogen and oxygen atoms in total. The topological polar surface area (TPSA) is 58.7 Å². The Hall–Kier alpha value is -1.06. The highest BCUT2D eigenvalue weighted by Crippen LogP contribution is 2.43. The lowest BCUT2D eigenvalue weighted by molar-refractivity contribution is 0.0878. The number of hydrogen-bond acceptors (Lipinski definition) is 2. The Morgan fingerprint density at radius 3 is 2.81 bits per heavy atom. The monoisotopic (exact) mass is 223 g/mol. The number of nitrogens with zero attached hydrogens (tertiary/aromatic N) is 2. The Balaban J connectivity index is 2.35. The number of amidine groups is 1. The summed E-state index contributed by atoms with van der Waals surface area (Å²) in [5.74, 6) is 1.67. The third-order valence-corrected chi connectivity index (χ3v) is 4.28. The third-order valence-electron chi connectivity index (χ3n) is 4.28. The van der Waals surface area contributed by atoms with E-state index in [1.807, 2.05) is 11.8 Å². The van der Waals surface area contributed by atoms with Crippen molar-refractivity contribution in [3.8, 4) is 0 Å². The molecule has 0 aromatic rings. The van der Waals surface area contributed by atoms with Crippen LogP contribution in [0.3, 0.4) is 0 Å². The van der Waals surface area contributed by atoms with Crippen molar-refractivity contribution in [2.75, 3.05) is 6.54 Å². The molecule has 0 aromatic carbocycles. The first-order valence-corrected chi connectivity index (χ1v) is 6.18. The minimum Gasteiger partial charge on any atom is -0.385 e. The maximum absolute atomic E-state index is 11.8. The molecule has 0 bridgehead atoms. The average Bonchev–Trinajstić information content (AvgIpc) is 2.45. The largest absolute Gasteiger partial charge is 0.385 e. The van der Waals surface area contributed by atoms with Crippen molar-refractivity contribution in [3.05, 3.63) is 0 Å². The van der Waals surface area contributed by atoms with Gasteiger partial charge in [0.15, 0.2) is 0 Å². The second kappa shape index (κ2) is 3.75. The Bertz CT molecular complexity index is 339. The molecule has 0 aromatic heterocycles. The molecule has 3 atom stereocenters. The van der Waals surface area contributed by atoms with Crippen LogP contribution in [0.4, 0.5) is 4.79 Å². The van der Waals surface area contributed by atoms with E-state index in [0.717, 1.165) is 25.2 Å². The van der Waals surface area contributed by atoms with Crippen molar-refractivity contribution < 1.29 is 4.79 Å². The number of likely N-dealkylation sites (N-methyl/N-ethyl adjacent to an activating group) is 1. The van der Waals surface area contributed by atoms with Crippen LogP contribution in [0.2, 0.25) is 0 Å². The highest BCUT2D eigenvalue weighted by molar-refractivity contribution is 6.06. The van der Waals surface area contributed by atoms with Crippen LogP contribution < -0.4 is 5.73 Å². The third kappa shape index (κ3) is 1.35. The van der Waals surface area contributed by atoms with Crippen LogP contribution in [-0.4, -0.2) is 28.9 Å². The van der Waals surface area contributed by atoms with Crippen LogP contribution in [0.1, 0.15) is 40.0 Å². The summed E-state index contributed by atoms with van der Waals surface area (Å²) in [6.45, 7) is 7.16. The van der Waals surface area contributed by atoms with Gasteiger partial charge in [-0.15, -0.1) is 0 Å². The van der Waals surface area contributed by atoms with E-state index >= 15 is 0 Å². The van der Waals surface area contributed by atoms with Gasteiger partial charge in [-0.1, -0.05) is 13.8 Å². The van der Waals surface area contributed by atoms with Gasteiger partial charge in [-0.05, 0) is 38.0 Å². The summed E-state index contributed by atoms with van der Waals surface area (Å²) in [7, 11) is 0. The fourth-order valence-corrected chi connectivity index (χ4v) is 3.40. The zero-order valence-electron chi connectivity index (χ0n) is 10.4. The van der Waals surface area contributed by atoms with Crippen molar-refractivity contribution in [1.82, 2.24) is 4.90 Å². The van der Waals surface area contributed by atoms with E-state index in [1.165, 1.54) is 0 Å². The van der Waals surface area contributed by atoms with Crippen LogP contribution >= 0.6 is 0 Å². The molecule has 0 saturated heterocycles. The van der Waals surface area contributed by atoms with Gasteiger partial charge in [0.25, 0.3) is 0 Å². The predicted molar refractivity (Wildman–Crippen MR) is 64.3 cm³/mol. The number of carbonyl (C=O) groups excluding carboxylic acids is 1. The highest BCUT2D eigenvalue weighted by Gasteiger charge is 2.52. The lowest BCUT2D eigenvalue weighted by Gasteiger charge is -2.46. The van der Waals surface area contributed by atoms with E-state index in [1.54, 1.807) is 0 Å². The van der Waals surface area contributed by atoms with Gasteiger partial charge in [-0.2, -0.15) is 4.99 Å². The number of aliphatic imine (C=N–C) groups is 1. The van der Waals surface area contributed by atoms with Crippen LogP contribution in [0.5, 0.6) is 0 Å². The zero-order valence-corrected chi connectivity index (χ0v) is 10.4. The molecule has 90 valence electrons. The Labute approximate surface area is 96.9 Å². The molecule has 2 rings (SSSR count). The summed E-state index contributed by atoms with van der Waals surface area (Å²) in [6, 6.07) is -0.151. The van der Waals surface area contributed by atoms with Crippen LogP contribution in [0, 0.1) is 11.8 Å². The molecular formula is C12H21N3O. The molecule has 2 aliphatic rings. The van der Waals surface area contributed by atoms with Gasteiger partial charge in [-0.25, -0.2) is 4.79 Å². The van der Waals surface area contributed by atoms with Gasteiger partial charge < -0.3 is 10.6 Å². The fourth-order valence-electron chi connectivity index (χ4n) is 3.40. The van der Waals surface area contributed by atoms with E-state index in [2.05, 4.69) is 18.8 Å². The van der Waals surface area contributed by atoms with Crippen LogP contribution in [0.15, 0.2) is 4.99 Å². The first kappa shape index (κ1) is 11.4. The van der Waals surface area contributed by atoms with Gasteiger partial charge in [0, 0.05) is 6.54 Å². The minimum atomic E-state index is -0.279. The average molecular weight is 223 g/mol. The number of urea groups is 1. The molecule has 0 radical (unpaired) electrons. The molecule has 1 fully saturated rings. The van der Waals surface area contributed by atoms with Crippen molar-refractivity contribution in [2.45, 2.75) is 45.6 Å². The molecular weight excluding hydrogens is 202 g/mol. The summed E-state index contributed by atoms with van der Waals surface area (Å²) in [4.78, 5) is 17.6. The molecule has 1 saturated carbocycles. The number of rotatable bonds is 1. The lowest BCUT2D eigenvalue weighted by atomic mass is 9.69. The summed E-state index contributed by atoms with van der Waals surface area (Å²) in [6.07, 6.45) is 3.22. The van der Waals surface area contributed by atoms with Gasteiger partial charge in [0.05, 0.1) is 0 Å². The van der Waals surface area contributed by atoms with Crippen molar-refractivity contribution in [2.24, 2.45) is 22.6 Å². The second-order valence-electron chi connectivity index (χ2n) is 5.23. The first-order valence-electron chi connectivity index (χ1n) is 6.18. The lowest BCUT2D eigenvalue weighted by Crippen LogP contribution is -2.60. The SMILES string of the molecule is CCN1C(=O)N=C(N)C12CCC(C)CC2C. The number of amides is 2. The van der Waals surface area contributed by atoms with E-state index in [0.29, 0.717) is 18.3 Å². The summed E-state index contributed by atoms with van der Waals surface area (Å²) in [5, 5.41) is 0. The Morgan fingerprint density at radius 1 is 1.56 bits per heavy atom. The number of hydrogen-bond donors (Lipinski definition) is 1. The maximum atomic E-state index is 11.8. The molecule has 1 aliphatic heterocycles. The van der Waals surface area contributed by atoms with Crippen LogP contribution in [-0.2, 0) is 0 Å². The van der Waals surface area contributed by atoms with Gasteiger partial charge >= 0.3 is 6.03 Å². The van der Waals surface area contributed by atoms with Crippen molar-refractivity contribution >= 4 is 11.9 Å². The molecule has 4 heteroatoms. The molecule has 3 unspecified atom stereocenters. The van der Waals surface area contributed by atoms with Crippen molar-refractivity contribution in [1.29, 1.82) is 0 Å². The summed E-state index contributed by atoms with van der Waals surface area (Å²) >= 11 is 0. The molecule has 1 spiro atoms. The molecule has 2 N–H and O–H groups in total. The Kier molecular flexibility index (Phi) is 2.68. The smallest absolute Gasteiger partial charge is 0.346 e. The minimum absolute atomic E-state index is 0.151. The fraction of sp³-hybridized carbons (Fsp3) is 0.833. The predicted octanol–water partition coefficient (Wildman–Crippen LogP) is 1.99. The molecule has 2 amide bonds. The maximum Gasteiger partial charge on any atom is 0.346 e. The van der Waals surface area contributed by atoms with Gasteiger partial charge in [-0.3, -0.25) is 0 Å². The van der Waals surface area contributed by atoms with Crippen LogP contribution in [0.25, 0.3) is 0 Å². The van der Waals surface area contributed by atoms with E-state index in [-0.39, 0.29) is 11.6 Å². The Morgan fingerprint density at radius 2 is 2.25 bits per heavy atom. The van der Waals surface area contributed by atoms with Crippen molar-refractivity contribution in [3.63, 3.8) is 0 Å². The van der Waals surface area contributed by atoms with E-state index in [9.17, 15) is 4.79 Å².